The molecule has 0 aromatic heterocycles. The molecule has 8 heteroatoms. The Hall–Kier alpha value is -2.19. The number of nitrogens with zero attached hydrogens (tertiary/aromatic N) is 1. The minimum atomic E-state index is -0.657. The van der Waals surface area contributed by atoms with E-state index in [1.54, 1.807) is 24.1 Å². The molecule has 3 fully saturated rings. The molecule has 7 nitrogen and oxygen atoms in total. The molecule has 2 aliphatic heterocycles. The number of urea groups is 1. The summed E-state index contributed by atoms with van der Waals surface area (Å²) in [6.45, 7) is 4.80. The van der Waals surface area contributed by atoms with Crippen LogP contribution in [-0.2, 0) is 14.3 Å². The normalized spacial score (nSPS) is 25.0. The highest BCUT2D eigenvalue weighted by atomic mass is 19.1. The number of amides is 3. The fraction of sp³-hybridized carbons (Fsp3) is 0.704. The number of hydrogen-bond donors (Lipinski definition) is 2. The van der Waals surface area contributed by atoms with Gasteiger partial charge >= 0.3 is 6.03 Å². The smallest absolute Gasteiger partial charge is 0.318 e. The molecule has 0 bridgehead atoms. The quantitative estimate of drug-likeness (QED) is 0.609. The standard InChI is InChI=1S/C27H40FN3O4/c1-18-3-5-20(6-4-18)25(30-27(33)31(2)22-11-15-35-16-12-22)26(32)29-21-7-8-23(24(28)17-21)19-9-13-34-14-10-19/h7-8,17-20,22,25H,3-6,9-16H2,1-2H3,(H,29,32)(H,30,33)/t18-,20-,25-/m0/s1. The largest absolute Gasteiger partial charge is 0.381 e. The van der Waals surface area contributed by atoms with Gasteiger partial charge in [-0.15, -0.1) is 0 Å². The van der Waals surface area contributed by atoms with Crippen LogP contribution in [0.3, 0.4) is 0 Å². The maximum Gasteiger partial charge on any atom is 0.318 e. The van der Waals surface area contributed by atoms with Gasteiger partial charge in [-0.25, -0.2) is 9.18 Å². The first-order valence-corrected chi connectivity index (χ1v) is 13.2. The molecule has 3 amide bonds. The molecule has 1 atom stereocenters. The number of halogens is 1. The molecule has 2 saturated heterocycles. The Balaban J connectivity index is 1.44. The summed E-state index contributed by atoms with van der Waals surface area (Å²) >= 11 is 0. The van der Waals surface area contributed by atoms with Crippen LogP contribution >= 0.6 is 0 Å². The van der Waals surface area contributed by atoms with Crippen LogP contribution in [0.5, 0.6) is 0 Å². The van der Waals surface area contributed by atoms with E-state index in [1.165, 1.54) is 6.07 Å². The lowest BCUT2D eigenvalue weighted by molar-refractivity contribution is -0.119. The van der Waals surface area contributed by atoms with Crippen molar-refractivity contribution in [3.63, 3.8) is 0 Å². The van der Waals surface area contributed by atoms with Crippen molar-refractivity contribution >= 4 is 17.6 Å². The summed E-state index contributed by atoms with van der Waals surface area (Å²) in [6.07, 6.45) is 7.04. The van der Waals surface area contributed by atoms with Gasteiger partial charge in [0.2, 0.25) is 5.91 Å². The Labute approximate surface area is 208 Å². The fourth-order valence-corrected chi connectivity index (χ4v) is 5.65. The molecule has 0 unspecified atom stereocenters. The molecule has 1 aliphatic carbocycles. The third-order valence-corrected chi connectivity index (χ3v) is 8.08. The number of rotatable bonds is 6. The molecule has 0 spiro atoms. The number of benzene rings is 1. The van der Waals surface area contributed by atoms with E-state index in [9.17, 15) is 14.0 Å². The van der Waals surface area contributed by atoms with Gasteiger partial charge in [-0.2, -0.15) is 0 Å². The second kappa shape index (κ2) is 12.2. The summed E-state index contributed by atoms with van der Waals surface area (Å²) in [4.78, 5) is 28.2. The third kappa shape index (κ3) is 6.73. The first-order chi connectivity index (χ1) is 16.9. The summed E-state index contributed by atoms with van der Waals surface area (Å²) < 4.78 is 25.7. The van der Waals surface area contributed by atoms with E-state index in [0.29, 0.717) is 43.6 Å². The highest BCUT2D eigenvalue weighted by molar-refractivity contribution is 5.97. The Morgan fingerprint density at radius 3 is 2.23 bits per heavy atom. The van der Waals surface area contributed by atoms with Crippen LogP contribution in [0.15, 0.2) is 18.2 Å². The minimum absolute atomic E-state index is 0.0598. The molecule has 1 aromatic carbocycles. The van der Waals surface area contributed by atoms with E-state index in [0.717, 1.165) is 51.4 Å². The number of anilines is 1. The van der Waals surface area contributed by atoms with Crippen molar-refractivity contribution in [1.29, 1.82) is 0 Å². The van der Waals surface area contributed by atoms with E-state index in [1.807, 2.05) is 0 Å². The van der Waals surface area contributed by atoms with Crippen LogP contribution in [0.1, 0.15) is 69.8 Å². The lowest BCUT2D eigenvalue weighted by Crippen LogP contribution is -2.54. The van der Waals surface area contributed by atoms with Gasteiger partial charge in [0, 0.05) is 45.2 Å². The highest BCUT2D eigenvalue weighted by Gasteiger charge is 2.34. The average Bonchev–Trinajstić information content (AvgIpc) is 2.88. The first-order valence-electron chi connectivity index (χ1n) is 13.2. The number of carbonyl (C=O) groups excluding carboxylic acids is 2. The number of ether oxygens (including phenoxy) is 2. The van der Waals surface area contributed by atoms with Gasteiger partial charge in [-0.05, 0) is 74.0 Å². The SMILES string of the molecule is CN(C(=O)N[C@H](C(=O)Nc1ccc(C2CCOCC2)c(F)c1)[C@H]1CC[C@H](C)CC1)C1CCOCC1. The summed E-state index contributed by atoms with van der Waals surface area (Å²) in [5.74, 6) is 0.245. The van der Waals surface area contributed by atoms with E-state index in [4.69, 9.17) is 9.47 Å². The van der Waals surface area contributed by atoms with Crippen molar-refractivity contribution in [2.45, 2.75) is 76.3 Å². The van der Waals surface area contributed by atoms with Crippen LogP contribution in [-0.4, -0.2) is 62.4 Å². The van der Waals surface area contributed by atoms with Gasteiger partial charge in [0.1, 0.15) is 11.9 Å². The maximum absolute atomic E-state index is 14.9. The fourth-order valence-electron chi connectivity index (χ4n) is 5.65. The van der Waals surface area contributed by atoms with Crippen molar-refractivity contribution in [2.75, 3.05) is 38.8 Å². The zero-order valence-electron chi connectivity index (χ0n) is 21.1. The van der Waals surface area contributed by atoms with Gasteiger partial charge in [-0.3, -0.25) is 4.79 Å². The third-order valence-electron chi connectivity index (χ3n) is 8.08. The Kier molecular flexibility index (Phi) is 9.00. The van der Waals surface area contributed by atoms with Crippen LogP contribution in [0.4, 0.5) is 14.9 Å². The van der Waals surface area contributed by atoms with E-state index in [2.05, 4.69) is 17.6 Å². The highest BCUT2D eigenvalue weighted by Crippen LogP contribution is 2.32. The minimum Gasteiger partial charge on any atom is -0.381 e. The zero-order valence-corrected chi connectivity index (χ0v) is 21.1. The summed E-state index contributed by atoms with van der Waals surface area (Å²) in [5, 5.41) is 5.91. The summed E-state index contributed by atoms with van der Waals surface area (Å²) in [5.41, 5.74) is 1.10. The molecular weight excluding hydrogens is 449 g/mol. The van der Waals surface area contributed by atoms with Crippen LogP contribution in [0.2, 0.25) is 0 Å². The molecule has 3 aliphatic rings. The first kappa shape index (κ1) is 25.9. The van der Waals surface area contributed by atoms with E-state index >= 15 is 0 Å². The van der Waals surface area contributed by atoms with Gasteiger partial charge in [0.05, 0.1) is 0 Å². The van der Waals surface area contributed by atoms with E-state index < -0.39 is 6.04 Å². The zero-order chi connectivity index (χ0) is 24.8. The molecule has 1 aromatic rings. The topological polar surface area (TPSA) is 79.9 Å². The van der Waals surface area contributed by atoms with Crippen LogP contribution < -0.4 is 10.6 Å². The number of carbonyl (C=O) groups is 2. The lowest BCUT2D eigenvalue weighted by Gasteiger charge is -2.36. The molecule has 0 radical (unpaired) electrons. The second-order valence-electron chi connectivity index (χ2n) is 10.5. The van der Waals surface area contributed by atoms with Gasteiger partial charge in [0.15, 0.2) is 0 Å². The monoisotopic (exact) mass is 489 g/mol. The van der Waals surface area contributed by atoms with Crippen molar-refractivity contribution in [3.8, 4) is 0 Å². The predicted molar refractivity (Wildman–Crippen MR) is 133 cm³/mol. The molecular formula is C27H40FN3O4. The Bertz CT molecular complexity index is 862. The summed E-state index contributed by atoms with van der Waals surface area (Å²) in [6, 6.07) is 4.15. The van der Waals surface area contributed by atoms with Crippen molar-refractivity contribution in [1.82, 2.24) is 10.2 Å². The Morgan fingerprint density at radius 1 is 0.971 bits per heavy atom. The van der Waals surface area contributed by atoms with Crippen molar-refractivity contribution < 1.29 is 23.5 Å². The van der Waals surface area contributed by atoms with E-state index in [-0.39, 0.29) is 35.6 Å². The molecule has 194 valence electrons. The van der Waals surface area contributed by atoms with Crippen molar-refractivity contribution in [2.24, 2.45) is 11.8 Å². The lowest BCUT2D eigenvalue weighted by atomic mass is 9.79. The summed E-state index contributed by atoms with van der Waals surface area (Å²) in [7, 11) is 1.79. The van der Waals surface area contributed by atoms with Gasteiger partial charge in [0.25, 0.3) is 0 Å². The second-order valence-corrected chi connectivity index (χ2v) is 10.5. The van der Waals surface area contributed by atoms with Crippen LogP contribution in [0, 0.1) is 17.7 Å². The molecule has 35 heavy (non-hydrogen) atoms. The van der Waals surface area contributed by atoms with Gasteiger partial charge < -0.3 is 25.0 Å². The van der Waals surface area contributed by atoms with Crippen LogP contribution in [0.25, 0.3) is 0 Å². The molecule has 2 heterocycles. The maximum atomic E-state index is 14.9. The molecule has 4 rings (SSSR count). The van der Waals surface area contributed by atoms with Crippen molar-refractivity contribution in [3.05, 3.63) is 29.6 Å². The van der Waals surface area contributed by atoms with Gasteiger partial charge in [-0.1, -0.05) is 25.8 Å². The predicted octanol–water partition coefficient (Wildman–Crippen LogP) is 4.67. The number of nitrogens with one attached hydrogen (secondary N) is 2. The number of hydrogen-bond acceptors (Lipinski definition) is 4. The average molecular weight is 490 g/mol. The Morgan fingerprint density at radius 2 is 1.60 bits per heavy atom. The molecule has 2 N–H and O–H groups in total. The molecule has 1 saturated carbocycles.